The van der Waals surface area contributed by atoms with Crippen molar-refractivity contribution in [3.63, 3.8) is 0 Å². The summed E-state index contributed by atoms with van der Waals surface area (Å²) >= 11 is 0. The molecule has 4 rings (SSSR count). The topological polar surface area (TPSA) is 48.5 Å². The van der Waals surface area contributed by atoms with E-state index in [1.54, 1.807) is 6.07 Å². The van der Waals surface area contributed by atoms with Crippen LogP contribution < -0.4 is 10.2 Å². The first kappa shape index (κ1) is 23.0. The summed E-state index contributed by atoms with van der Waals surface area (Å²) in [5.74, 6) is 0.511. The second-order valence-electron chi connectivity index (χ2n) is 8.27. The Morgan fingerprint density at radius 3 is 2.52 bits per heavy atom. The number of hydrogen-bond acceptors (Lipinski definition) is 4. The lowest BCUT2D eigenvalue weighted by atomic mass is 10.1. The van der Waals surface area contributed by atoms with Crippen molar-refractivity contribution in [2.24, 2.45) is 0 Å². The number of rotatable bonds is 7. The molecule has 1 saturated heterocycles. The Kier molecular flexibility index (Phi) is 7.13. The number of amides is 1. The van der Waals surface area contributed by atoms with E-state index in [9.17, 15) is 18.0 Å². The van der Waals surface area contributed by atoms with Crippen LogP contribution in [0.1, 0.15) is 24.8 Å². The molecule has 1 amide bonds. The van der Waals surface area contributed by atoms with Crippen LogP contribution in [0.25, 0.3) is 10.9 Å². The molecule has 0 bridgehead atoms. The maximum absolute atomic E-state index is 13.0. The molecular formula is C25H27F3N4O. The highest BCUT2D eigenvalue weighted by Gasteiger charge is 2.31. The zero-order valence-electron chi connectivity index (χ0n) is 18.3. The van der Waals surface area contributed by atoms with E-state index in [1.165, 1.54) is 12.1 Å². The second-order valence-corrected chi connectivity index (χ2v) is 8.27. The predicted molar refractivity (Wildman–Crippen MR) is 124 cm³/mol. The molecule has 8 heteroatoms. The Morgan fingerprint density at radius 1 is 0.939 bits per heavy atom. The van der Waals surface area contributed by atoms with Gasteiger partial charge in [-0.3, -0.25) is 9.69 Å². The number of halogens is 3. The van der Waals surface area contributed by atoms with Crippen molar-refractivity contribution in [1.82, 2.24) is 9.88 Å². The number of hydrogen-bond donors (Lipinski definition) is 1. The molecule has 174 valence electrons. The highest BCUT2D eigenvalue weighted by molar-refractivity contribution is 5.91. The minimum absolute atomic E-state index is 0.0489. The number of unbranched alkanes of at least 4 members (excludes halogenated alkanes) is 1. The number of carbonyl (C=O) groups excluding carboxylic acids is 1. The number of carbonyl (C=O) groups is 1. The van der Waals surface area contributed by atoms with Crippen molar-refractivity contribution in [2.75, 3.05) is 42.9 Å². The Bertz CT molecular complexity index is 1090. The summed E-state index contributed by atoms with van der Waals surface area (Å²) in [6.07, 6.45) is -2.23. The van der Waals surface area contributed by atoms with Crippen molar-refractivity contribution in [3.8, 4) is 0 Å². The first-order valence-electron chi connectivity index (χ1n) is 11.2. The molecule has 2 heterocycles. The first-order valence-corrected chi connectivity index (χ1v) is 11.2. The number of fused-ring (bicyclic) bond motifs is 1. The zero-order valence-corrected chi connectivity index (χ0v) is 18.3. The maximum atomic E-state index is 13.0. The van der Waals surface area contributed by atoms with Gasteiger partial charge in [0.1, 0.15) is 5.82 Å². The van der Waals surface area contributed by atoms with Crippen LogP contribution in [-0.4, -0.2) is 48.5 Å². The van der Waals surface area contributed by atoms with Gasteiger partial charge >= 0.3 is 6.18 Å². The number of aromatic nitrogens is 1. The van der Waals surface area contributed by atoms with E-state index in [0.717, 1.165) is 49.4 Å². The average molecular weight is 457 g/mol. The van der Waals surface area contributed by atoms with Gasteiger partial charge in [-0.15, -0.1) is 0 Å². The number of para-hydroxylation sites is 1. The fourth-order valence-electron chi connectivity index (χ4n) is 4.07. The number of nitrogens with one attached hydrogen (secondary N) is 1. The molecule has 1 aliphatic heterocycles. The summed E-state index contributed by atoms with van der Waals surface area (Å²) in [7, 11) is 0. The van der Waals surface area contributed by atoms with Crippen LogP contribution in [0.2, 0.25) is 0 Å². The van der Waals surface area contributed by atoms with Gasteiger partial charge in [0, 0.05) is 43.7 Å². The van der Waals surface area contributed by atoms with Gasteiger partial charge in [0.2, 0.25) is 5.91 Å². The van der Waals surface area contributed by atoms with Gasteiger partial charge in [-0.25, -0.2) is 4.98 Å². The van der Waals surface area contributed by atoms with Crippen LogP contribution in [0.4, 0.5) is 24.7 Å². The molecule has 1 aromatic heterocycles. The van der Waals surface area contributed by atoms with Crippen LogP contribution in [0.5, 0.6) is 0 Å². The monoisotopic (exact) mass is 456 g/mol. The minimum atomic E-state index is -4.32. The molecule has 0 saturated carbocycles. The molecule has 1 fully saturated rings. The molecule has 3 aromatic rings. The summed E-state index contributed by atoms with van der Waals surface area (Å²) in [6.45, 7) is 3.84. The van der Waals surface area contributed by atoms with E-state index in [-0.39, 0.29) is 5.91 Å². The van der Waals surface area contributed by atoms with E-state index in [2.05, 4.69) is 15.2 Å². The van der Waals surface area contributed by atoms with E-state index < -0.39 is 11.7 Å². The number of benzene rings is 2. The normalized spacial score (nSPS) is 15.1. The molecule has 1 N–H and O–H groups in total. The molecule has 0 aliphatic carbocycles. The number of piperazine rings is 1. The molecule has 1 aliphatic rings. The molecule has 0 atom stereocenters. The third-order valence-electron chi connectivity index (χ3n) is 5.91. The second kappa shape index (κ2) is 10.2. The standard InChI is InChI=1S/C25H27F3N4O/c26-25(27,28)20-7-5-8-21(18-20)32-16-14-31(15-17-32)13-4-3-10-24(33)30-23-12-11-19-6-1-2-9-22(19)29-23/h1-2,5-9,11-12,18H,3-4,10,13-17H2,(H,29,30,33). The summed E-state index contributed by atoms with van der Waals surface area (Å²) in [6, 6.07) is 17.0. The third-order valence-corrected chi connectivity index (χ3v) is 5.91. The Balaban J connectivity index is 1.16. The van der Waals surface area contributed by atoms with Crippen molar-refractivity contribution in [3.05, 3.63) is 66.2 Å². The number of alkyl halides is 3. The molecule has 2 aromatic carbocycles. The van der Waals surface area contributed by atoms with Gasteiger partial charge in [-0.2, -0.15) is 13.2 Å². The molecule has 0 spiro atoms. The SMILES string of the molecule is O=C(CCCCN1CCN(c2cccc(C(F)(F)F)c2)CC1)Nc1ccc2ccccc2n1. The van der Waals surface area contributed by atoms with Gasteiger partial charge < -0.3 is 10.2 Å². The summed E-state index contributed by atoms with van der Waals surface area (Å²) in [4.78, 5) is 21.0. The van der Waals surface area contributed by atoms with Crippen LogP contribution in [0.3, 0.4) is 0 Å². The van der Waals surface area contributed by atoms with Crippen LogP contribution >= 0.6 is 0 Å². The molecule has 5 nitrogen and oxygen atoms in total. The summed E-state index contributed by atoms with van der Waals surface area (Å²) in [5.41, 5.74) is 0.850. The summed E-state index contributed by atoms with van der Waals surface area (Å²) in [5, 5.41) is 3.89. The van der Waals surface area contributed by atoms with E-state index >= 15 is 0 Å². The zero-order chi connectivity index (χ0) is 23.3. The number of nitrogens with zero attached hydrogens (tertiary/aromatic N) is 3. The Morgan fingerprint density at radius 2 is 1.73 bits per heavy atom. The lowest BCUT2D eigenvalue weighted by molar-refractivity contribution is -0.137. The molecule has 0 unspecified atom stereocenters. The highest BCUT2D eigenvalue weighted by Crippen LogP contribution is 2.31. The quantitative estimate of drug-likeness (QED) is 0.498. The minimum Gasteiger partial charge on any atom is -0.369 e. The summed E-state index contributed by atoms with van der Waals surface area (Å²) < 4.78 is 38.9. The maximum Gasteiger partial charge on any atom is 0.416 e. The van der Waals surface area contributed by atoms with Crippen LogP contribution in [0.15, 0.2) is 60.7 Å². The van der Waals surface area contributed by atoms with E-state index in [0.29, 0.717) is 31.0 Å². The van der Waals surface area contributed by atoms with Crippen molar-refractivity contribution >= 4 is 28.3 Å². The van der Waals surface area contributed by atoms with Gasteiger partial charge in [0.25, 0.3) is 0 Å². The van der Waals surface area contributed by atoms with Crippen molar-refractivity contribution in [2.45, 2.75) is 25.4 Å². The van der Waals surface area contributed by atoms with Crippen LogP contribution in [-0.2, 0) is 11.0 Å². The lowest BCUT2D eigenvalue weighted by Gasteiger charge is -2.36. The fraction of sp³-hybridized carbons (Fsp3) is 0.360. The Labute approximate surface area is 191 Å². The van der Waals surface area contributed by atoms with Gasteiger partial charge in [0.15, 0.2) is 0 Å². The highest BCUT2D eigenvalue weighted by atomic mass is 19.4. The van der Waals surface area contributed by atoms with E-state index in [4.69, 9.17) is 0 Å². The smallest absolute Gasteiger partial charge is 0.369 e. The first-order chi connectivity index (χ1) is 15.9. The molecule has 0 radical (unpaired) electrons. The van der Waals surface area contributed by atoms with Gasteiger partial charge in [0.05, 0.1) is 11.1 Å². The largest absolute Gasteiger partial charge is 0.416 e. The van der Waals surface area contributed by atoms with Gasteiger partial charge in [-0.1, -0.05) is 24.3 Å². The molecular weight excluding hydrogens is 429 g/mol. The average Bonchev–Trinajstić information content (AvgIpc) is 2.82. The van der Waals surface area contributed by atoms with Crippen LogP contribution in [0, 0.1) is 0 Å². The predicted octanol–water partition coefficient (Wildman–Crippen LogP) is 5.18. The molecule has 33 heavy (non-hydrogen) atoms. The number of pyridine rings is 1. The van der Waals surface area contributed by atoms with Gasteiger partial charge in [-0.05, 0) is 55.8 Å². The number of anilines is 2. The fourth-order valence-corrected chi connectivity index (χ4v) is 4.07. The third kappa shape index (κ3) is 6.22. The van der Waals surface area contributed by atoms with Crippen molar-refractivity contribution in [1.29, 1.82) is 0 Å². The van der Waals surface area contributed by atoms with E-state index in [1.807, 2.05) is 41.3 Å². The Hall–Kier alpha value is -3.13. The lowest BCUT2D eigenvalue weighted by Crippen LogP contribution is -2.46. The van der Waals surface area contributed by atoms with Crippen molar-refractivity contribution < 1.29 is 18.0 Å².